The number of hydrogen-bond acceptors (Lipinski definition) is 6. The summed E-state index contributed by atoms with van der Waals surface area (Å²) in [5, 5.41) is 13.9. The summed E-state index contributed by atoms with van der Waals surface area (Å²) in [6.07, 6.45) is 0.0527. The standard InChI is InChI=1S/C29H30FN3O6.C2H6/c1-19-7-12-24(23(30)17-19)31-27(35)25(18-20-5-3-2-4-6-20)33-28(36)26(32-29(33)37)21-8-10-22(11-9-21)39-16-15-38-14-13-34;1-2/h2-12,17,25-26,34H,13-16,18H2,1H3,(H,31,35)(H,32,37);1-2H3/t25?,26-;/m1./s1. The highest BCUT2D eigenvalue weighted by Gasteiger charge is 2.45. The summed E-state index contributed by atoms with van der Waals surface area (Å²) in [6, 6.07) is 17.1. The Kier molecular flexibility index (Phi) is 11.8. The average Bonchev–Trinajstić information content (AvgIpc) is 3.28. The maximum atomic E-state index is 14.5. The van der Waals surface area contributed by atoms with Crippen molar-refractivity contribution in [3.8, 4) is 5.75 Å². The van der Waals surface area contributed by atoms with Crippen LogP contribution in [0.25, 0.3) is 0 Å². The maximum Gasteiger partial charge on any atom is 0.325 e. The molecule has 0 aromatic heterocycles. The molecule has 0 radical (unpaired) electrons. The van der Waals surface area contributed by atoms with Crippen LogP contribution < -0.4 is 15.4 Å². The van der Waals surface area contributed by atoms with Gasteiger partial charge in [-0.25, -0.2) is 14.1 Å². The van der Waals surface area contributed by atoms with Gasteiger partial charge in [0.1, 0.15) is 30.3 Å². The Labute approximate surface area is 239 Å². The zero-order chi connectivity index (χ0) is 29.8. The minimum absolute atomic E-state index is 0.0374. The first kappa shape index (κ1) is 31.3. The fraction of sp³-hybridized carbons (Fsp3) is 0.323. The lowest BCUT2D eigenvalue weighted by Gasteiger charge is -2.25. The second-order valence-electron chi connectivity index (χ2n) is 9.02. The van der Waals surface area contributed by atoms with E-state index in [0.29, 0.717) is 23.5 Å². The van der Waals surface area contributed by atoms with E-state index in [1.165, 1.54) is 12.1 Å². The van der Waals surface area contributed by atoms with Crippen molar-refractivity contribution in [1.29, 1.82) is 0 Å². The number of nitrogens with zero attached hydrogens (tertiary/aromatic N) is 1. The van der Waals surface area contributed by atoms with Gasteiger partial charge in [-0.2, -0.15) is 0 Å². The minimum atomic E-state index is -1.22. The van der Waals surface area contributed by atoms with Gasteiger partial charge in [0, 0.05) is 6.42 Å². The molecule has 1 unspecified atom stereocenters. The first-order chi connectivity index (χ1) is 19.9. The maximum absolute atomic E-state index is 14.5. The summed E-state index contributed by atoms with van der Waals surface area (Å²) in [5.74, 6) is -1.34. The Hall–Kier alpha value is -4.28. The molecule has 0 spiro atoms. The predicted molar refractivity (Wildman–Crippen MR) is 153 cm³/mol. The lowest BCUT2D eigenvalue weighted by Crippen LogP contribution is -2.49. The number of imide groups is 1. The van der Waals surface area contributed by atoms with Crippen LogP contribution in [0.4, 0.5) is 14.9 Å². The van der Waals surface area contributed by atoms with E-state index in [-0.39, 0.29) is 31.9 Å². The quantitative estimate of drug-likeness (QED) is 0.222. The Morgan fingerprint density at radius 3 is 2.39 bits per heavy atom. The number of hydrogen-bond donors (Lipinski definition) is 3. The molecule has 9 nitrogen and oxygen atoms in total. The third-order valence-corrected chi connectivity index (χ3v) is 6.19. The Morgan fingerprint density at radius 2 is 1.73 bits per heavy atom. The predicted octanol–water partition coefficient (Wildman–Crippen LogP) is 4.39. The van der Waals surface area contributed by atoms with Gasteiger partial charge in [0.05, 0.1) is 25.5 Å². The lowest BCUT2D eigenvalue weighted by atomic mass is 10.0. The van der Waals surface area contributed by atoms with Gasteiger partial charge >= 0.3 is 6.03 Å². The lowest BCUT2D eigenvalue weighted by molar-refractivity contribution is -0.134. The molecule has 0 aliphatic carbocycles. The van der Waals surface area contributed by atoms with E-state index in [1.54, 1.807) is 61.5 Å². The summed E-state index contributed by atoms with van der Waals surface area (Å²) in [7, 11) is 0. The molecule has 4 amide bonds. The fourth-order valence-electron chi connectivity index (χ4n) is 4.23. The van der Waals surface area contributed by atoms with Crippen LogP contribution in [0.15, 0.2) is 72.8 Å². The van der Waals surface area contributed by atoms with E-state index < -0.39 is 35.7 Å². The van der Waals surface area contributed by atoms with E-state index in [4.69, 9.17) is 14.6 Å². The number of benzene rings is 3. The number of aryl methyl sites for hydroxylation is 1. The molecule has 3 aromatic carbocycles. The molecule has 1 saturated heterocycles. The minimum Gasteiger partial charge on any atom is -0.491 e. The van der Waals surface area contributed by atoms with Crippen LogP contribution in [0.5, 0.6) is 5.75 Å². The molecule has 0 saturated carbocycles. The normalized spacial score (nSPS) is 15.0. The third-order valence-electron chi connectivity index (χ3n) is 6.19. The van der Waals surface area contributed by atoms with Crippen LogP contribution >= 0.6 is 0 Å². The molecule has 4 rings (SSSR count). The van der Waals surface area contributed by atoms with Crippen molar-refractivity contribution in [3.63, 3.8) is 0 Å². The van der Waals surface area contributed by atoms with E-state index in [9.17, 15) is 18.8 Å². The Morgan fingerprint density at radius 1 is 1.02 bits per heavy atom. The summed E-state index contributed by atoms with van der Waals surface area (Å²) in [5.41, 5.74) is 1.90. The molecule has 2 atom stereocenters. The van der Waals surface area contributed by atoms with Gasteiger partial charge in [0.2, 0.25) is 5.91 Å². The van der Waals surface area contributed by atoms with Crippen molar-refractivity contribution < 1.29 is 33.4 Å². The van der Waals surface area contributed by atoms with Crippen LogP contribution in [-0.2, 0) is 20.7 Å². The van der Waals surface area contributed by atoms with E-state index in [0.717, 1.165) is 10.5 Å². The SMILES string of the molecule is CC.Cc1ccc(NC(=O)C(Cc2ccccc2)N2C(=O)N[C@H](c3ccc(OCCOCCO)cc3)C2=O)c(F)c1. The number of carbonyl (C=O) groups excluding carboxylic acids is 3. The van der Waals surface area contributed by atoms with Crippen LogP contribution in [0.2, 0.25) is 0 Å². The molecular weight excluding hydrogens is 529 g/mol. The van der Waals surface area contributed by atoms with Crippen LogP contribution in [0, 0.1) is 12.7 Å². The molecule has 0 bridgehead atoms. The molecule has 10 heteroatoms. The highest BCUT2D eigenvalue weighted by Crippen LogP contribution is 2.27. The number of nitrogens with one attached hydrogen (secondary N) is 2. The van der Waals surface area contributed by atoms with Crippen molar-refractivity contribution in [3.05, 3.63) is 95.3 Å². The van der Waals surface area contributed by atoms with Crippen molar-refractivity contribution >= 4 is 23.5 Å². The van der Waals surface area contributed by atoms with Gasteiger partial charge in [0.15, 0.2) is 0 Å². The number of ether oxygens (including phenoxy) is 2. The van der Waals surface area contributed by atoms with Crippen molar-refractivity contribution in [1.82, 2.24) is 10.2 Å². The molecule has 3 N–H and O–H groups in total. The van der Waals surface area contributed by atoms with Crippen molar-refractivity contribution in [2.45, 2.75) is 39.3 Å². The van der Waals surface area contributed by atoms with Gasteiger partial charge < -0.3 is 25.2 Å². The molecule has 41 heavy (non-hydrogen) atoms. The molecule has 218 valence electrons. The number of aliphatic hydroxyl groups is 1. The Bertz CT molecular complexity index is 1300. The van der Waals surface area contributed by atoms with Gasteiger partial charge in [-0.05, 0) is 47.9 Å². The second kappa shape index (κ2) is 15.5. The summed E-state index contributed by atoms with van der Waals surface area (Å²) in [6.45, 7) is 6.48. The number of halogens is 1. The van der Waals surface area contributed by atoms with Crippen LogP contribution in [0.1, 0.15) is 36.6 Å². The molecular formula is C31H36FN3O6. The first-order valence-corrected chi connectivity index (χ1v) is 13.5. The fourth-order valence-corrected chi connectivity index (χ4v) is 4.23. The van der Waals surface area contributed by atoms with Crippen LogP contribution in [-0.4, -0.2) is 60.3 Å². The molecule has 1 fully saturated rings. The summed E-state index contributed by atoms with van der Waals surface area (Å²) in [4.78, 5) is 40.8. The molecule has 3 aromatic rings. The number of aliphatic hydroxyl groups excluding tert-OH is 1. The smallest absolute Gasteiger partial charge is 0.325 e. The van der Waals surface area contributed by atoms with Crippen molar-refractivity contribution in [2.75, 3.05) is 31.7 Å². The molecule has 1 aliphatic rings. The van der Waals surface area contributed by atoms with E-state index >= 15 is 0 Å². The van der Waals surface area contributed by atoms with E-state index in [1.807, 2.05) is 19.9 Å². The third kappa shape index (κ3) is 8.36. The van der Waals surface area contributed by atoms with Gasteiger partial charge in [-0.3, -0.25) is 9.59 Å². The zero-order valence-corrected chi connectivity index (χ0v) is 23.4. The second-order valence-corrected chi connectivity index (χ2v) is 9.02. The molecule has 1 heterocycles. The monoisotopic (exact) mass is 565 g/mol. The average molecular weight is 566 g/mol. The van der Waals surface area contributed by atoms with Crippen LogP contribution in [0.3, 0.4) is 0 Å². The zero-order valence-electron chi connectivity index (χ0n) is 23.4. The Balaban J connectivity index is 0.00000226. The van der Waals surface area contributed by atoms with Gasteiger partial charge in [0.25, 0.3) is 5.91 Å². The topological polar surface area (TPSA) is 117 Å². The van der Waals surface area contributed by atoms with Gasteiger partial charge in [-0.1, -0.05) is 62.4 Å². The number of carbonyl (C=O) groups is 3. The summed E-state index contributed by atoms with van der Waals surface area (Å²) >= 11 is 0. The largest absolute Gasteiger partial charge is 0.491 e. The van der Waals surface area contributed by atoms with Crippen molar-refractivity contribution in [2.24, 2.45) is 0 Å². The number of amides is 4. The molecule has 1 aliphatic heterocycles. The summed E-state index contributed by atoms with van der Waals surface area (Å²) < 4.78 is 25.2. The first-order valence-electron chi connectivity index (χ1n) is 13.5. The highest BCUT2D eigenvalue weighted by molar-refractivity contribution is 6.09. The van der Waals surface area contributed by atoms with E-state index in [2.05, 4.69) is 10.6 Å². The number of rotatable bonds is 12. The van der Waals surface area contributed by atoms with Gasteiger partial charge in [-0.15, -0.1) is 0 Å². The number of anilines is 1. The number of urea groups is 1. The highest BCUT2D eigenvalue weighted by atomic mass is 19.1.